The van der Waals surface area contributed by atoms with Crippen molar-refractivity contribution in [1.29, 1.82) is 0 Å². The molecule has 0 aromatic rings. The van der Waals surface area contributed by atoms with Crippen LogP contribution in [0.3, 0.4) is 0 Å². The summed E-state index contributed by atoms with van der Waals surface area (Å²) in [6.45, 7) is 4.86. The van der Waals surface area contributed by atoms with Gasteiger partial charge in [-0.2, -0.15) is 0 Å². The first kappa shape index (κ1) is 65.1. The third kappa shape index (κ3) is 53.3. The highest BCUT2D eigenvalue weighted by Gasteiger charge is 2.17. The van der Waals surface area contributed by atoms with Gasteiger partial charge in [-0.3, -0.25) is 9.59 Å². The molecule has 0 rings (SSSR count). The van der Waals surface area contributed by atoms with Crippen molar-refractivity contribution in [2.75, 3.05) is 13.2 Å². The number of unbranched alkanes of at least 4 members (excludes halogenated alkanes) is 40. The molecule has 0 fully saturated rings. The highest BCUT2D eigenvalue weighted by atomic mass is 16.5. The second kappa shape index (κ2) is 56.7. The molecular weight excluding hydrogens is 827 g/mol. The molecule has 0 saturated heterocycles. The Morgan fingerprint density at radius 2 is 0.761 bits per heavy atom. The fourth-order valence-electron chi connectivity index (χ4n) is 9.10. The lowest BCUT2D eigenvalue weighted by Crippen LogP contribution is -2.45. The van der Waals surface area contributed by atoms with E-state index in [1.165, 1.54) is 231 Å². The number of amides is 1. The number of ether oxygens (including phenoxy) is 1. The lowest BCUT2D eigenvalue weighted by atomic mass is 10.0. The van der Waals surface area contributed by atoms with Crippen LogP contribution in [0.1, 0.15) is 316 Å². The molecule has 1 amide bonds. The van der Waals surface area contributed by atoms with Gasteiger partial charge in [0, 0.05) is 12.8 Å². The molecule has 0 aliphatic rings. The number of rotatable bonds is 55. The molecule has 0 aromatic heterocycles. The molecular formula is C61H115NO5. The zero-order valence-corrected chi connectivity index (χ0v) is 44.9. The molecule has 6 nitrogen and oxygen atoms in total. The Balaban J connectivity index is 3.56. The van der Waals surface area contributed by atoms with Gasteiger partial charge in [-0.15, -0.1) is 0 Å². The summed E-state index contributed by atoms with van der Waals surface area (Å²) in [6.07, 6.45) is 70.4. The predicted molar refractivity (Wildman–Crippen MR) is 292 cm³/mol. The molecule has 0 spiro atoms. The van der Waals surface area contributed by atoms with Crippen LogP contribution in [0.4, 0.5) is 0 Å². The zero-order chi connectivity index (χ0) is 48.6. The van der Waals surface area contributed by atoms with Crippen molar-refractivity contribution in [1.82, 2.24) is 5.32 Å². The van der Waals surface area contributed by atoms with Gasteiger partial charge in [0.15, 0.2) is 0 Å². The van der Waals surface area contributed by atoms with Crippen LogP contribution in [0, 0.1) is 0 Å². The van der Waals surface area contributed by atoms with Crippen LogP contribution in [0.5, 0.6) is 0 Å². The number of carbonyl (C=O) groups is 2. The normalized spacial score (nSPS) is 12.8. The maximum Gasteiger partial charge on any atom is 0.305 e. The average molecular weight is 943 g/mol. The number of aliphatic hydroxyl groups is 2. The number of allylic oxidation sites excluding steroid dienone is 5. The van der Waals surface area contributed by atoms with Crippen LogP contribution < -0.4 is 5.32 Å². The molecule has 0 aromatic carbocycles. The standard InChI is InChI=1S/C61H115NO5/c1-3-5-7-9-11-13-15-17-19-20-21-22-23-24-25-26-27-29-33-37-41-45-49-53-59(64)58(57-63)62-60(65)54-50-46-42-38-34-30-28-32-36-40-44-48-52-56-67-61(66)55-51-47-43-39-35-31-18-16-14-12-10-8-6-4-2/h30,34,42,46,49,53,58-59,63-64H,3-29,31-33,35-41,43-45,47-48,50-52,54-57H2,1-2H3,(H,62,65)/b34-30-,46-42-,53-49+. The Labute approximate surface area is 417 Å². The Hall–Kier alpha value is -1.92. The van der Waals surface area contributed by atoms with Crippen LogP contribution in [0.2, 0.25) is 0 Å². The summed E-state index contributed by atoms with van der Waals surface area (Å²) in [6, 6.07) is -0.673. The lowest BCUT2D eigenvalue weighted by molar-refractivity contribution is -0.143. The molecule has 0 heterocycles. The van der Waals surface area contributed by atoms with Gasteiger partial charge in [0.05, 0.1) is 25.4 Å². The molecule has 0 aliphatic heterocycles. The first-order valence-corrected chi connectivity index (χ1v) is 29.8. The minimum atomic E-state index is -0.880. The van der Waals surface area contributed by atoms with Crippen molar-refractivity contribution in [3.63, 3.8) is 0 Å². The van der Waals surface area contributed by atoms with Crippen LogP contribution >= 0.6 is 0 Å². The minimum Gasteiger partial charge on any atom is -0.466 e. The molecule has 0 saturated carbocycles. The van der Waals surface area contributed by atoms with Crippen molar-refractivity contribution in [2.24, 2.45) is 0 Å². The Kier molecular flexibility index (Phi) is 55.0. The van der Waals surface area contributed by atoms with Gasteiger partial charge in [0.25, 0.3) is 0 Å². The number of nitrogens with one attached hydrogen (secondary N) is 1. The summed E-state index contributed by atoms with van der Waals surface area (Å²) in [5.74, 6) is -0.162. The Morgan fingerprint density at radius 1 is 0.418 bits per heavy atom. The third-order valence-corrected chi connectivity index (χ3v) is 13.7. The van der Waals surface area contributed by atoms with E-state index in [1.54, 1.807) is 6.08 Å². The molecule has 67 heavy (non-hydrogen) atoms. The predicted octanol–water partition coefficient (Wildman–Crippen LogP) is 18.4. The zero-order valence-electron chi connectivity index (χ0n) is 44.9. The molecule has 0 radical (unpaired) electrons. The molecule has 2 unspecified atom stereocenters. The largest absolute Gasteiger partial charge is 0.466 e. The first-order chi connectivity index (χ1) is 33.0. The molecule has 2 atom stereocenters. The Morgan fingerprint density at radius 3 is 1.16 bits per heavy atom. The molecule has 0 aliphatic carbocycles. The van der Waals surface area contributed by atoms with Gasteiger partial charge in [-0.1, -0.05) is 288 Å². The van der Waals surface area contributed by atoms with Gasteiger partial charge in [-0.05, 0) is 51.4 Å². The lowest BCUT2D eigenvalue weighted by Gasteiger charge is -2.19. The summed E-state index contributed by atoms with van der Waals surface area (Å²) in [5.41, 5.74) is 0. The summed E-state index contributed by atoms with van der Waals surface area (Å²) in [7, 11) is 0. The molecule has 0 bridgehead atoms. The smallest absolute Gasteiger partial charge is 0.305 e. The van der Waals surface area contributed by atoms with E-state index in [4.69, 9.17) is 4.74 Å². The monoisotopic (exact) mass is 942 g/mol. The van der Waals surface area contributed by atoms with Gasteiger partial charge in [0.2, 0.25) is 5.91 Å². The summed E-state index contributed by atoms with van der Waals surface area (Å²) >= 11 is 0. The van der Waals surface area contributed by atoms with E-state index in [0.717, 1.165) is 51.4 Å². The maximum absolute atomic E-state index is 12.4. The van der Waals surface area contributed by atoms with E-state index in [9.17, 15) is 19.8 Å². The summed E-state index contributed by atoms with van der Waals surface area (Å²) in [5, 5.41) is 23.1. The first-order valence-electron chi connectivity index (χ1n) is 29.8. The fourth-order valence-corrected chi connectivity index (χ4v) is 9.10. The van der Waals surface area contributed by atoms with Crippen LogP contribution in [0.25, 0.3) is 0 Å². The van der Waals surface area contributed by atoms with Crippen molar-refractivity contribution in [3.8, 4) is 0 Å². The van der Waals surface area contributed by atoms with Gasteiger partial charge >= 0.3 is 5.97 Å². The van der Waals surface area contributed by atoms with E-state index in [1.807, 2.05) is 12.2 Å². The van der Waals surface area contributed by atoms with Crippen molar-refractivity contribution < 1.29 is 24.5 Å². The van der Waals surface area contributed by atoms with Gasteiger partial charge in [-0.25, -0.2) is 0 Å². The molecule has 394 valence electrons. The van der Waals surface area contributed by atoms with E-state index in [-0.39, 0.29) is 18.5 Å². The van der Waals surface area contributed by atoms with Crippen LogP contribution in [-0.4, -0.2) is 47.4 Å². The van der Waals surface area contributed by atoms with Crippen LogP contribution in [-0.2, 0) is 14.3 Å². The second-order valence-corrected chi connectivity index (χ2v) is 20.3. The maximum atomic E-state index is 12.4. The van der Waals surface area contributed by atoms with E-state index < -0.39 is 12.1 Å². The number of aliphatic hydroxyl groups excluding tert-OH is 2. The SMILES string of the molecule is CCCCCCCCCCCCCCCCCCCCCCC/C=C/C(O)C(CO)NC(=O)CC/C=C\C/C=C\CCCCCCCCOC(=O)CCCCCCCCCCCCCCCC. The number of esters is 1. The highest BCUT2D eigenvalue weighted by Crippen LogP contribution is 2.17. The van der Waals surface area contributed by atoms with E-state index >= 15 is 0 Å². The minimum absolute atomic E-state index is 0.0159. The summed E-state index contributed by atoms with van der Waals surface area (Å²) < 4.78 is 5.46. The van der Waals surface area contributed by atoms with E-state index in [0.29, 0.717) is 25.9 Å². The fraction of sp³-hybridized carbons (Fsp3) is 0.869. The van der Waals surface area contributed by atoms with Gasteiger partial charge in [0.1, 0.15) is 0 Å². The Bertz CT molecular complexity index is 1090. The quantitative estimate of drug-likeness (QED) is 0.0321. The average Bonchev–Trinajstić information content (AvgIpc) is 3.33. The topological polar surface area (TPSA) is 95.9 Å². The number of hydrogen-bond donors (Lipinski definition) is 3. The van der Waals surface area contributed by atoms with Crippen LogP contribution in [0.15, 0.2) is 36.5 Å². The van der Waals surface area contributed by atoms with Crippen molar-refractivity contribution in [2.45, 2.75) is 328 Å². The number of hydrogen-bond acceptors (Lipinski definition) is 5. The van der Waals surface area contributed by atoms with Gasteiger partial charge < -0.3 is 20.3 Å². The summed E-state index contributed by atoms with van der Waals surface area (Å²) in [4.78, 5) is 24.5. The third-order valence-electron chi connectivity index (χ3n) is 13.7. The second-order valence-electron chi connectivity index (χ2n) is 20.3. The molecule has 3 N–H and O–H groups in total. The van der Waals surface area contributed by atoms with E-state index in [2.05, 4.69) is 37.4 Å². The number of carbonyl (C=O) groups excluding carboxylic acids is 2. The van der Waals surface area contributed by atoms with Crippen molar-refractivity contribution >= 4 is 11.9 Å². The highest BCUT2D eigenvalue weighted by molar-refractivity contribution is 5.76. The molecule has 6 heteroatoms. The van der Waals surface area contributed by atoms with Crippen molar-refractivity contribution in [3.05, 3.63) is 36.5 Å².